The Labute approximate surface area is 76.7 Å². The number of rotatable bonds is 2. The number of hydrogen-bond acceptors (Lipinski definition) is 3. The Hall–Kier alpha value is -0.960. The molecular formula is C9H9NOS. The van der Waals surface area contributed by atoms with E-state index in [1.807, 2.05) is 12.1 Å². The van der Waals surface area contributed by atoms with Gasteiger partial charge >= 0.3 is 0 Å². The highest BCUT2D eigenvalue weighted by Gasteiger charge is 2.11. The molecular weight excluding hydrogens is 170 g/mol. The number of ether oxygens (including phenoxy) is 1. The average molecular weight is 179 g/mol. The first-order valence-electron chi connectivity index (χ1n) is 3.94. The zero-order chi connectivity index (χ0) is 8.39. The largest absolute Gasteiger partial charge is 0.493 e. The first kappa shape index (κ1) is 7.68. The fourth-order valence-electron chi connectivity index (χ4n) is 1.41. The van der Waals surface area contributed by atoms with Gasteiger partial charge in [-0.25, -0.2) is 4.36 Å². The fourth-order valence-corrected chi connectivity index (χ4v) is 1.56. The molecule has 0 saturated heterocycles. The quantitative estimate of drug-likeness (QED) is 0.691. The van der Waals surface area contributed by atoms with Crippen molar-refractivity contribution in [2.75, 3.05) is 6.61 Å². The molecule has 0 aliphatic carbocycles. The normalized spacial score (nSPS) is 13.7. The SMILES string of the molecule is S=NCc1ccc2c(c1)CCO2. The van der Waals surface area contributed by atoms with E-state index in [-0.39, 0.29) is 0 Å². The summed E-state index contributed by atoms with van der Waals surface area (Å²) in [6.45, 7) is 1.44. The van der Waals surface area contributed by atoms with Gasteiger partial charge in [-0.1, -0.05) is 12.1 Å². The average Bonchev–Trinajstić information content (AvgIpc) is 2.51. The minimum absolute atomic E-state index is 0.628. The van der Waals surface area contributed by atoms with Crippen molar-refractivity contribution in [2.45, 2.75) is 13.0 Å². The molecule has 0 unspecified atom stereocenters. The van der Waals surface area contributed by atoms with Gasteiger partial charge in [0.05, 0.1) is 13.2 Å². The highest BCUT2D eigenvalue weighted by molar-refractivity contribution is 7.47. The van der Waals surface area contributed by atoms with Crippen LogP contribution in [0, 0.1) is 0 Å². The second kappa shape index (κ2) is 3.19. The smallest absolute Gasteiger partial charge is 0.122 e. The first-order chi connectivity index (χ1) is 5.90. The molecule has 0 amide bonds. The van der Waals surface area contributed by atoms with Crippen LogP contribution in [0.4, 0.5) is 0 Å². The molecule has 0 radical (unpaired) electrons. The number of hydrogen-bond donors (Lipinski definition) is 0. The van der Waals surface area contributed by atoms with Crippen molar-refractivity contribution in [2.24, 2.45) is 4.36 Å². The third-order valence-electron chi connectivity index (χ3n) is 2.00. The summed E-state index contributed by atoms with van der Waals surface area (Å²) in [6, 6.07) is 6.14. The molecule has 0 atom stereocenters. The minimum atomic E-state index is 0.628. The second-order valence-electron chi connectivity index (χ2n) is 2.83. The Balaban J connectivity index is 2.32. The second-order valence-corrected chi connectivity index (χ2v) is 3.09. The maximum absolute atomic E-state index is 5.37. The highest BCUT2D eigenvalue weighted by atomic mass is 32.1. The molecule has 3 heteroatoms. The molecule has 1 heterocycles. The van der Waals surface area contributed by atoms with Crippen LogP contribution in [-0.4, -0.2) is 6.61 Å². The van der Waals surface area contributed by atoms with E-state index in [2.05, 4.69) is 22.9 Å². The van der Waals surface area contributed by atoms with Crippen LogP contribution >= 0.6 is 0 Å². The summed E-state index contributed by atoms with van der Waals surface area (Å²) < 4.78 is 9.05. The molecule has 0 bridgehead atoms. The van der Waals surface area contributed by atoms with Gasteiger partial charge in [-0.3, -0.25) is 0 Å². The summed E-state index contributed by atoms with van der Waals surface area (Å²) in [4.78, 5) is 0. The molecule has 1 aliphatic rings. The number of fused-ring (bicyclic) bond motifs is 1. The van der Waals surface area contributed by atoms with Crippen LogP contribution in [0.15, 0.2) is 22.6 Å². The van der Waals surface area contributed by atoms with E-state index in [9.17, 15) is 0 Å². The summed E-state index contributed by atoms with van der Waals surface area (Å²) in [5.74, 6) is 1.02. The van der Waals surface area contributed by atoms with Crippen LogP contribution in [-0.2, 0) is 25.4 Å². The zero-order valence-electron chi connectivity index (χ0n) is 6.62. The van der Waals surface area contributed by atoms with Gasteiger partial charge in [0.1, 0.15) is 5.75 Å². The fraction of sp³-hybridized carbons (Fsp3) is 0.333. The van der Waals surface area contributed by atoms with E-state index < -0.39 is 0 Å². The lowest BCUT2D eigenvalue weighted by molar-refractivity contribution is 0.357. The van der Waals surface area contributed by atoms with Gasteiger partial charge in [0, 0.05) is 18.8 Å². The Morgan fingerprint density at radius 3 is 3.25 bits per heavy atom. The van der Waals surface area contributed by atoms with Crippen molar-refractivity contribution in [3.05, 3.63) is 29.3 Å². The summed E-state index contributed by atoms with van der Waals surface area (Å²) in [5, 5.41) is 0. The lowest BCUT2D eigenvalue weighted by Gasteiger charge is -1.99. The van der Waals surface area contributed by atoms with Gasteiger partial charge in [-0.2, -0.15) is 0 Å². The van der Waals surface area contributed by atoms with Crippen molar-refractivity contribution in [3.63, 3.8) is 0 Å². The van der Waals surface area contributed by atoms with Crippen LogP contribution in [0.1, 0.15) is 11.1 Å². The van der Waals surface area contributed by atoms with Crippen molar-refractivity contribution >= 4 is 12.4 Å². The Bertz CT molecular complexity index is 311. The van der Waals surface area contributed by atoms with Gasteiger partial charge < -0.3 is 4.74 Å². The highest BCUT2D eigenvalue weighted by Crippen LogP contribution is 2.25. The molecule has 1 aliphatic heterocycles. The van der Waals surface area contributed by atoms with Gasteiger partial charge in [-0.05, 0) is 17.2 Å². The van der Waals surface area contributed by atoms with Gasteiger partial charge in [0.25, 0.3) is 0 Å². The van der Waals surface area contributed by atoms with Crippen molar-refractivity contribution in [1.29, 1.82) is 0 Å². The first-order valence-corrected chi connectivity index (χ1v) is 4.30. The van der Waals surface area contributed by atoms with Crippen molar-refractivity contribution in [3.8, 4) is 5.75 Å². The molecule has 0 saturated carbocycles. The minimum Gasteiger partial charge on any atom is -0.493 e. The third-order valence-corrected chi connectivity index (χ3v) is 2.13. The van der Waals surface area contributed by atoms with E-state index in [4.69, 9.17) is 4.74 Å². The summed E-state index contributed by atoms with van der Waals surface area (Å²) in [5.41, 5.74) is 2.46. The number of nitrogens with zero attached hydrogens (tertiary/aromatic N) is 1. The van der Waals surface area contributed by atoms with Crippen LogP contribution in [0.25, 0.3) is 0 Å². The predicted octanol–water partition coefficient (Wildman–Crippen LogP) is 1.85. The lowest BCUT2D eigenvalue weighted by Crippen LogP contribution is -1.85. The topological polar surface area (TPSA) is 21.6 Å². The molecule has 62 valence electrons. The Morgan fingerprint density at radius 2 is 2.42 bits per heavy atom. The monoisotopic (exact) mass is 179 g/mol. The lowest BCUT2D eigenvalue weighted by atomic mass is 10.1. The van der Waals surface area contributed by atoms with E-state index in [1.54, 1.807) is 0 Å². The molecule has 0 spiro atoms. The summed E-state index contributed by atoms with van der Waals surface area (Å²) >= 11 is 4.56. The maximum atomic E-state index is 5.37. The van der Waals surface area contributed by atoms with Gasteiger partial charge in [0.15, 0.2) is 0 Å². The van der Waals surface area contributed by atoms with E-state index in [1.165, 1.54) is 11.1 Å². The van der Waals surface area contributed by atoms with Crippen LogP contribution < -0.4 is 4.74 Å². The standard InChI is InChI=1S/C9H9NOS/c12-10-6-7-1-2-9-8(5-7)3-4-11-9/h1-2,5H,3-4,6H2. The Morgan fingerprint density at radius 1 is 1.50 bits per heavy atom. The molecule has 12 heavy (non-hydrogen) atoms. The van der Waals surface area contributed by atoms with E-state index >= 15 is 0 Å². The summed E-state index contributed by atoms with van der Waals surface area (Å²) in [6.07, 6.45) is 1.01. The predicted molar refractivity (Wildman–Crippen MR) is 49.1 cm³/mol. The van der Waals surface area contributed by atoms with Crippen molar-refractivity contribution in [1.82, 2.24) is 0 Å². The summed E-state index contributed by atoms with van der Waals surface area (Å²) in [7, 11) is 0. The van der Waals surface area contributed by atoms with E-state index in [0.717, 1.165) is 18.8 Å². The third kappa shape index (κ3) is 1.32. The molecule has 2 nitrogen and oxygen atoms in total. The molecule has 1 aromatic rings. The number of benzene rings is 1. The van der Waals surface area contributed by atoms with E-state index in [0.29, 0.717) is 6.54 Å². The van der Waals surface area contributed by atoms with Crippen LogP contribution in [0.3, 0.4) is 0 Å². The molecule has 0 aromatic heterocycles. The molecule has 1 aromatic carbocycles. The molecule has 0 N–H and O–H groups in total. The van der Waals surface area contributed by atoms with Gasteiger partial charge in [0.2, 0.25) is 0 Å². The van der Waals surface area contributed by atoms with Crippen LogP contribution in [0.5, 0.6) is 5.75 Å². The molecule has 0 fully saturated rings. The van der Waals surface area contributed by atoms with Crippen molar-refractivity contribution < 1.29 is 4.74 Å². The van der Waals surface area contributed by atoms with Gasteiger partial charge in [-0.15, -0.1) is 0 Å². The molecule has 2 rings (SSSR count). The Kier molecular flexibility index (Phi) is 2.04. The zero-order valence-corrected chi connectivity index (χ0v) is 7.43. The maximum Gasteiger partial charge on any atom is 0.122 e. The van der Waals surface area contributed by atoms with Crippen LogP contribution in [0.2, 0.25) is 0 Å².